The summed E-state index contributed by atoms with van der Waals surface area (Å²) in [6.45, 7) is 2.27. The van der Waals surface area contributed by atoms with Gasteiger partial charge in [-0.2, -0.15) is 5.26 Å². The lowest BCUT2D eigenvalue weighted by Crippen LogP contribution is -2.16. The summed E-state index contributed by atoms with van der Waals surface area (Å²) in [6, 6.07) is 8.01. The largest absolute Gasteiger partial charge is 0.397 e. The lowest BCUT2D eigenvalue weighted by Gasteiger charge is -2.15. The van der Waals surface area contributed by atoms with Gasteiger partial charge in [0.25, 0.3) is 0 Å². The van der Waals surface area contributed by atoms with Gasteiger partial charge in [-0.25, -0.2) is 0 Å². The molecule has 0 saturated heterocycles. The van der Waals surface area contributed by atoms with E-state index in [1.807, 2.05) is 6.07 Å². The van der Waals surface area contributed by atoms with Crippen LogP contribution in [0.25, 0.3) is 0 Å². The number of benzene rings is 1. The van der Waals surface area contributed by atoms with Gasteiger partial charge < -0.3 is 11.1 Å². The SMILES string of the molecule is CC1CCC(Nc2cc(C#N)ccc2N)C1. The van der Waals surface area contributed by atoms with Crippen LogP contribution in [0.1, 0.15) is 31.7 Å². The summed E-state index contributed by atoms with van der Waals surface area (Å²) in [5, 5.41) is 12.3. The Labute approximate surface area is 96.3 Å². The third-order valence-electron chi connectivity index (χ3n) is 3.24. The molecule has 3 heteroatoms. The van der Waals surface area contributed by atoms with Gasteiger partial charge >= 0.3 is 0 Å². The highest BCUT2D eigenvalue weighted by molar-refractivity contribution is 5.68. The van der Waals surface area contributed by atoms with E-state index >= 15 is 0 Å². The summed E-state index contributed by atoms with van der Waals surface area (Å²) in [7, 11) is 0. The number of rotatable bonds is 2. The van der Waals surface area contributed by atoms with Crippen molar-refractivity contribution in [1.82, 2.24) is 0 Å². The zero-order valence-electron chi connectivity index (χ0n) is 9.53. The maximum Gasteiger partial charge on any atom is 0.0992 e. The minimum atomic E-state index is 0.506. The predicted octanol–water partition coefficient (Wildman–Crippen LogP) is 2.74. The number of nitrogens with one attached hydrogen (secondary N) is 1. The molecule has 0 bridgehead atoms. The molecule has 84 valence electrons. The Kier molecular flexibility index (Phi) is 3.00. The summed E-state index contributed by atoms with van der Waals surface area (Å²) in [5.74, 6) is 0.790. The van der Waals surface area contributed by atoms with Gasteiger partial charge in [0.05, 0.1) is 23.0 Å². The lowest BCUT2D eigenvalue weighted by molar-refractivity contribution is 0.602. The van der Waals surface area contributed by atoms with Crippen molar-refractivity contribution in [2.24, 2.45) is 5.92 Å². The van der Waals surface area contributed by atoms with Gasteiger partial charge in [0, 0.05) is 6.04 Å². The number of hydrogen-bond acceptors (Lipinski definition) is 3. The number of nitrogens with two attached hydrogens (primary N) is 1. The fraction of sp³-hybridized carbons (Fsp3) is 0.462. The topological polar surface area (TPSA) is 61.8 Å². The van der Waals surface area contributed by atoms with Crippen LogP contribution in [0.5, 0.6) is 0 Å². The normalized spacial score (nSPS) is 24.0. The molecular formula is C13H17N3. The molecule has 3 nitrogen and oxygen atoms in total. The quantitative estimate of drug-likeness (QED) is 0.746. The second kappa shape index (κ2) is 4.44. The van der Waals surface area contributed by atoms with Crippen LogP contribution in [0, 0.1) is 17.2 Å². The van der Waals surface area contributed by atoms with Crippen molar-refractivity contribution in [2.45, 2.75) is 32.2 Å². The van der Waals surface area contributed by atoms with E-state index < -0.39 is 0 Å². The first-order valence-corrected chi connectivity index (χ1v) is 5.75. The van der Waals surface area contributed by atoms with Crippen LogP contribution >= 0.6 is 0 Å². The molecule has 0 aromatic heterocycles. The van der Waals surface area contributed by atoms with E-state index in [2.05, 4.69) is 18.3 Å². The van der Waals surface area contributed by atoms with Crippen molar-refractivity contribution in [2.75, 3.05) is 11.1 Å². The summed E-state index contributed by atoms with van der Waals surface area (Å²) in [4.78, 5) is 0. The van der Waals surface area contributed by atoms with E-state index in [0.717, 1.165) is 17.3 Å². The molecule has 1 aliphatic rings. The van der Waals surface area contributed by atoms with E-state index in [1.165, 1.54) is 19.3 Å². The average Bonchev–Trinajstić information content (AvgIpc) is 2.67. The molecule has 0 heterocycles. The highest BCUT2D eigenvalue weighted by Gasteiger charge is 2.21. The third kappa shape index (κ3) is 2.27. The predicted molar refractivity (Wildman–Crippen MR) is 66.0 cm³/mol. The van der Waals surface area contributed by atoms with E-state index in [1.54, 1.807) is 12.1 Å². The molecule has 1 aromatic carbocycles. The monoisotopic (exact) mass is 215 g/mol. The molecule has 0 spiro atoms. The molecule has 16 heavy (non-hydrogen) atoms. The van der Waals surface area contributed by atoms with Crippen molar-refractivity contribution >= 4 is 11.4 Å². The van der Waals surface area contributed by atoms with Crippen molar-refractivity contribution in [3.63, 3.8) is 0 Å². The van der Waals surface area contributed by atoms with Crippen LogP contribution in [-0.4, -0.2) is 6.04 Å². The Morgan fingerprint density at radius 3 is 2.88 bits per heavy atom. The van der Waals surface area contributed by atoms with E-state index in [4.69, 9.17) is 11.0 Å². The molecule has 1 aromatic rings. The molecule has 1 saturated carbocycles. The molecule has 0 amide bonds. The molecule has 1 fully saturated rings. The summed E-state index contributed by atoms with van der Waals surface area (Å²) in [5.41, 5.74) is 8.16. The molecule has 3 N–H and O–H groups in total. The maximum absolute atomic E-state index is 8.84. The minimum absolute atomic E-state index is 0.506. The van der Waals surface area contributed by atoms with Crippen LogP contribution in [-0.2, 0) is 0 Å². The first-order valence-electron chi connectivity index (χ1n) is 5.75. The van der Waals surface area contributed by atoms with Crippen molar-refractivity contribution in [1.29, 1.82) is 5.26 Å². The smallest absolute Gasteiger partial charge is 0.0992 e. The summed E-state index contributed by atoms with van der Waals surface area (Å²) in [6.07, 6.45) is 3.66. The Morgan fingerprint density at radius 2 is 2.25 bits per heavy atom. The fourth-order valence-electron chi connectivity index (χ4n) is 2.31. The number of hydrogen-bond donors (Lipinski definition) is 2. The van der Waals surface area contributed by atoms with Gasteiger partial charge in [0.15, 0.2) is 0 Å². The summed E-state index contributed by atoms with van der Waals surface area (Å²) >= 11 is 0. The Balaban J connectivity index is 2.12. The first-order chi connectivity index (χ1) is 7.69. The van der Waals surface area contributed by atoms with Gasteiger partial charge in [-0.3, -0.25) is 0 Å². The van der Waals surface area contributed by atoms with Crippen LogP contribution in [0.15, 0.2) is 18.2 Å². The van der Waals surface area contributed by atoms with Gasteiger partial charge in [0.1, 0.15) is 0 Å². The lowest BCUT2D eigenvalue weighted by atomic mass is 10.1. The van der Waals surface area contributed by atoms with E-state index in [0.29, 0.717) is 11.6 Å². The van der Waals surface area contributed by atoms with Crippen molar-refractivity contribution in [3.8, 4) is 6.07 Å². The van der Waals surface area contributed by atoms with Crippen LogP contribution in [0.2, 0.25) is 0 Å². The van der Waals surface area contributed by atoms with Gasteiger partial charge in [0.2, 0.25) is 0 Å². The second-order valence-corrected chi connectivity index (χ2v) is 4.67. The van der Waals surface area contributed by atoms with Crippen LogP contribution < -0.4 is 11.1 Å². The third-order valence-corrected chi connectivity index (χ3v) is 3.24. The van der Waals surface area contributed by atoms with Gasteiger partial charge in [-0.1, -0.05) is 6.92 Å². The summed E-state index contributed by atoms with van der Waals surface area (Å²) < 4.78 is 0. The number of nitrogens with zero attached hydrogens (tertiary/aromatic N) is 1. The molecule has 2 rings (SSSR count). The first kappa shape index (κ1) is 10.8. The minimum Gasteiger partial charge on any atom is -0.397 e. The average molecular weight is 215 g/mol. The van der Waals surface area contributed by atoms with Crippen LogP contribution in [0.3, 0.4) is 0 Å². The van der Waals surface area contributed by atoms with E-state index in [9.17, 15) is 0 Å². The number of anilines is 2. The Morgan fingerprint density at radius 1 is 1.44 bits per heavy atom. The van der Waals surface area contributed by atoms with Crippen molar-refractivity contribution < 1.29 is 0 Å². The number of nitrogen functional groups attached to an aromatic ring is 1. The highest BCUT2D eigenvalue weighted by atomic mass is 14.9. The Bertz CT molecular complexity index is 420. The molecule has 2 unspecified atom stereocenters. The zero-order valence-corrected chi connectivity index (χ0v) is 9.53. The maximum atomic E-state index is 8.84. The van der Waals surface area contributed by atoms with Gasteiger partial charge in [-0.05, 0) is 43.4 Å². The molecule has 2 atom stereocenters. The van der Waals surface area contributed by atoms with Crippen LogP contribution in [0.4, 0.5) is 11.4 Å². The van der Waals surface area contributed by atoms with E-state index in [-0.39, 0.29) is 0 Å². The fourth-order valence-corrected chi connectivity index (χ4v) is 2.31. The standard InChI is InChI=1S/C13H17N3/c1-9-2-4-11(6-9)16-13-7-10(8-14)3-5-12(13)15/h3,5,7,9,11,16H,2,4,6,15H2,1H3. The van der Waals surface area contributed by atoms with Crippen molar-refractivity contribution in [3.05, 3.63) is 23.8 Å². The number of nitriles is 1. The second-order valence-electron chi connectivity index (χ2n) is 4.67. The molecule has 1 aliphatic carbocycles. The highest BCUT2D eigenvalue weighted by Crippen LogP contribution is 2.29. The molecule has 0 aliphatic heterocycles. The van der Waals surface area contributed by atoms with Gasteiger partial charge in [-0.15, -0.1) is 0 Å². The zero-order chi connectivity index (χ0) is 11.5. The molecule has 0 radical (unpaired) electrons. The Hall–Kier alpha value is -1.69. The molecular weight excluding hydrogens is 198 g/mol.